The van der Waals surface area contributed by atoms with E-state index in [4.69, 9.17) is 0 Å². The summed E-state index contributed by atoms with van der Waals surface area (Å²) in [7, 11) is 0. The molecular formula is C20H11NS. The van der Waals surface area contributed by atoms with Crippen LogP contribution in [-0.2, 0) is 0 Å². The minimum Gasteiger partial charge on any atom is -0.354 e. The predicted molar refractivity (Wildman–Crippen MR) is 97.4 cm³/mol. The third-order valence-electron chi connectivity index (χ3n) is 4.75. The van der Waals surface area contributed by atoms with E-state index in [-0.39, 0.29) is 0 Å². The molecule has 2 heteroatoms. The average Bonchev–Trinajstić information content (AvgIpc) is 2.86. The number of H-pyrrole nitrogens is 1. The molecule has 0 aliphatic carbocycles. The van der Waals surface area contributed by atoms with Gasteiger partial charge in [-0.1, -0.05) is 36.4 Å². The van der Waals surface area contributed by atoms with Crippen LogP contribution in [0.2, 0.25) is 0 Å². The maximum atomic E-state index is 3.61. The Labute approximate surface area is 130 Å². The molecule has 0 saturated heterocycles. The first-order valence-corrected chi connectivity index (χ1v) is 8.28. The van der Waals surface area contributed by atoms with Gasteiger partial charge in [0.2, 0.25) is 0 Å². The van der Waals surface area contributed by atoms with Gasteiger partial charge < -0.3 is 4.98 Å². The van der Waals surface area contributed by atoms with Crippen molar-refractivity contribution in [2.75, 3.05) is 0 Å². The smallest absolute Gasteiger partial charge is 0.0472 e. The normalized spacial score (nSPS) is 12.5. The Bertz CT molecular complexity index is 1220. The first-order valence-electron chi connectivity index (χ1n) is 7.47. The van der Waals surface area contributed by atoms with Gasteiger partial charge in [0.05, 0.1) is 0 Å². The Morgan fingerprint density at radius 3 is 1.64 bits per heavy atom. The van der Waals surface area contributed by atoms with Gasteiger partial charge in [0.1, 0.15) is 0 Å². The average molecular weight is 297 g/mol. The number of nitrogens with one attached hydrogen (secondary N) is 1. The lowest BCUT2D eigenvalue weighted by molar-refractivity contribution is 1.56. The highest BCUT2D eigenvalue weighted by Crippen LogP contribution is 2.43. The summed E-state index contributed by atoms with van der Waals surface area (Å²) in [6.07, 6.45) is 0. The molecule has 0 amide bonds. The molecule has 102 valence electrons. The molecule has 0 aliphatic rings. The van der Waals surface area contributed by atoms with E-state index in [1.165, 1.54) is 52.8 Å². The molecule has 0 bridgehead atoms. The molecule has 0 fully saturated rings. The summed E-state index contributed by atoms with van der Waals surface area (Å²) in [5, 5.41) is 8.18. The quantitative estimate of drug-likeness (QED) is 0.339. The Morgan fingerprint density at radius 2 is 1.09 bits per heavy atom. The molecule has 0 spiro atoms. The summed E-state index contributed by atoms with van der Waals surface area (Å²) >= 11 is 1.90. The van der Waals surface area contributed by atoms with Gasteiger partial charge in [0.15, 0.2) is 0 Å². The molecule has 0 atom stereocenters. The van der Waals surface area contributed by atoms with E-state index in [9.17, 15) is 0 Å². The summed E-state index contributed by atoms with van der Waals surface area (Å²) in [6, 6.07) is 22.1. The third-order valence-corrected chi connectivity index (χ3v) is 5.87. The number of benzene rings is 4. The van der Waals surface area contributed by atoms with Gasteiger partial charge >= 0.3 is 0 Å². The molecule has 1 nitrogen and oxygen atoms in total. The monoisotopic (exact) mass is 297 g/mol. The van der Waals surface area contributed by atoms with Crippen molar-refractivity contribution in [1.82, 2.24) is 4.98 Å². The highest BCUT2D eigenvalue weighted by atomic mass is 32.1. The lowest BCUT2D eigenvalue weighted by Crippen LogP contribution is -1.75. The molecule has 1 N–H and O–H groups in total. The zero-order chi connectivity index (χ0) is 14.3. The van der Waals surface area contributed by atoms with Crippen LogP contribution in [0, 0.1) is 0 Å². The molecular weight excluding hydrogens is 286 g/mol. The van der Waals surface area contributed by atoms with Crippen LogP contribution in [0.25, 0.3) is 52.8 Å². The van der Waals surface area contributed by atoms with Crippen molar-refractivity contribution in [2.45, 2.75) is 0 Å². The number of rotatable bonds is 0. The van der Waals surface area contributed by atoms with Crippen LogP contribution in [-0.4, -0.2) is 4.98 Å². The number of aromatic amines is 1. The fraction of sp³-hybridized carbons (Fsp3) is 0. The van der Waals surface area contributed by atoms with Crippen molar-refractivity contribution in [3.8, 4) is 0 Å². The van der Waals surface area contributed by atoms with E-state index in [2.05, 4.69) is 65.6 Å². The van der Waals surface area contributed by atoms with Crippen molar-refractivity contribution >= 4 is 64.1 Å². The SMILES string of the molecule is c1cc2ccc3[nH]c4ccc5cccc6sc(c1)c2c3c4c56. The molecule has 0 saturated carbocycles. The minimum absolute atomic E-state index is 1.24. The lowest BCUT2D eigenvalue weighted by atomic mass is 10.00. The van der Waals surface area contributed by atoms with Crippen LogP contribution in [0.4, 0.5) is 0 Å². The third kappa shape index (κ3) is 1.17. The van der Waals surface area contributed by atoms with Gasteiger partial charge in [-0.3, -0.25) is 0 Å². The first-order chi connectivity index (χ1) is 10.9. The van der Waals surface area contributed by atoms with Crippen LogP contribution in [0.5, 0.6) is 0 Å². The van der Waals surface area contributed by atoms with Crippen LogP contribution < -0.4 is 0 Å². The summed E-state index contributed by atoms with van der Waals surface area (Å²) in [6.45, 7) is 0. The van der Waals surface area contributed by atoms with Crippen molar-refractivity contribution < 1.29 is 0 Å². The number of hydrogen-bond acceptors (Lipinski definition) is 1. The van der Waals surface area contributed by atoms with E-state index in [1.807, 2.05) is 11.3 Å². The molecule has 0 aliphatic heterocycles. The highest BCUT2D eigenvalue weighted by Gasteiger charge is 2.15. The van der Waals surface area contributed by atoms with Gasteiger partial charge in [-0.2, -0.15) is 0 Å². The topological polar surface area (TPSA) is 15.8 Å². The standard InChI is InChI=1S/C20H11NS/c1-3-11-7-9-13-19-17(11)15(5-1)22-16-6-2-4-12-8-10-14(21-13)20(19)18(12)16/h1-10,21H. The molecule has 6 aromatic rings. The van der Waals surface area contributed by atoms with Crippen LogP contribution in [0.1, 0.15) is 0 Å². The van der Waals surface area contributed by atoms with Gasteiger partial charge in [0.25, 0.3) is 0 Å². The van der Waals surface area contributed by atoms with E-state index < -0.39 is 0 Å². The van der Waals surface area contributed by atoms with E-state index in [1.54, 1.807) is 0 Å². The molecule has 6 rings (SSSR count). The highest BCUT2D eigenvalue weighted by molar-refractivity contribution is 7.24. The zero-order valence-electron chi connectivity index (χ0n) is 11.7. The van der Waals surface area contributed by atoms with Crippen LogP contribution >= 0.6 is 11.3 Å². The Morgan fingerprint density at radius 1 is 0.545 bits per heavy atom. The van der Waals surface area contributed by atoms with Crippen LogP contribution in [0.15, 0.2) is 60.7 Å². The van der Waals surface area contributed by atoms with Crippen molar-refractivity contribution in [3.63, 3.8) is 0 Å². The van der Waals surface area contributed by atoms with Gasteiger partial charge in [0, 0.05) is 42.0 Å². The fourth-order valence-corrected chi connectivity index (χ4v) is 5.03. The molecule has 4 aromatic carbocycles. The summed E-state index contributed by atoms with van der Waals surface area (Å²) in [5.74, 6) is 0. The second-order valence-electron chi connectivity index (χ2n) is 5.91. The molecule has 22 heavy (non-hydrogen) atoms. The number of aromatic nitrogens is 1. The Kier molecular flexibility index (Phi) is 1.81. The van der Waals surface area contributed by atoms with Gasteiger partial charge in [-0.15, -0.1) is 11.3 Å². The molecule has 2 aromatic heterocycles. The minimum atomic E-state index is 1.24. The maximum absolute atomic E-state index is 3.61. The molecule has 0 unspecified atom stereocenters. The van der Waals surface area contributed by atoms with Crippen molar-refractivity contribution in [3.05, 3.63) is 60.7 Å². The van der Waals surface area contributed by atoms with E-state index >= 15 is 0 Å². The zero-order valence-corrected chi connectivity index (χ0v) is 12.5. The van der Waals surface area contributed by atoms with Gasteiger partial charge in [-0.05, 0) is 35.0 Å². The van der Waals surface area contributed by atoms with E-state index in [0.717, 1.165) is 0 Å². The summed E-state index contributed by atoms with van der Waals surface area (Å²) in [4.78, 5) is 3.61. The van der Waals surface area contributed by atoms with Crippen molar-refractivity contribution in [1.29, 1.82) is 0 Å². The largest absolute Gasteiger partial charge is 0.354 e. The first kappa shape index (κ1) is 11.0. The number of hydrogen-bond donors (Lipinski definition) is 1. The lowest BCUT2D eigenvalue weighted by Gasteiger charge is -2.01. The summed E-state index contributed by atoms with van der Waals surface area (Å²) in [5.41, 5.74) is 2.47. The second kappa shape index (κ2) is 3.60. The Balaban J connectivity index is 2.21. The Hall–Kier alpha value is -2.58. The molecule has 0 radical (unpaired) electrons. The maximum Gasteiger partial charge on any atom is 0.0472 e. The van der Waals surface area contributed by atoms with Crippen molar-refractivity contribution in [2.24, 2.45) is 0 Å². The molecule has 2 heterocycles. The van der Waals surface area contributed by atoms with Gasteiger partial charge in [-0.25, -0.2) is 0 Å². The fourth-order valence-electron chi connectivity index (χ4n) is 3.85. The van der Waals surface area contributed by atoms with E-state index in [0.29, 0.717) is 0 Å². The second-order valence-corrected chi connectivity index (χ2v) is 7.00. The predicted octanol–water partition coefficient (Wildman–Crippen LogP) is 6.28. The van der Waals surface area contributed by atoms with Crippen LogP contribution in [0.3, 0.4) is 0 Å². The summed E-state index contributed by atoms with van der Waals surface area (Å²) < 4.78 is 2.71.